The van der Waals surface area contributed by atoms with Gasteiger partial charge in [0, 0.05) is 46.1 Å². The van der Waals surface area contributed by atoms with Crippen molar-refractivity contribution in [2.45, 2.75) is 64.2 Å². The lowest BCUT2D eigenvalue weighted by Crippen LogP contribution is -2.22. The van der Waals surface area contributed by atoms with Crippen LogP contribution in [0.2, 0.25) is 5.02 Å². The number of H-pyrrole nitrogens is 1. The molecule has 6 nitrogen and oxygen atoms in total. The van der Waals surface area contributed by atoms with Crippen molar-refractivity contribution in [3.05, 3.63) is 64.5 Å². The Hall–Kier alpha value is -3.04. The molecule has 3 aromatic heterocycles. The van der Waals surface area contributed by atoms with E-state index < -0.39 is 18.3 Å². The van der Waals surface area contributed by atoms with Gasteiger partial charge in [0.1, 0.15) is 17.2 Å². The number of rotatable bonds is 6. The molecule has 10 heteroatoms. The monoisotopic (exact) mass is 518 g/mol. The molecule has 0 saturated heterocycles. The quantitative estimate of drug-likeness (QED) is 0.296. The average Bonchev–Trinajstić information content (AvgIpc) is 3.44. The summed E-state index contributed by atoms with van der Waals surface area (Å²) in [5.74, 6) is -1.45. The molecule has 1 aliphatic rings. The summed E-state index contributed by atoms with van der Waals surface area (Å²) < 4.78 is 47.0. The second-order valence-corrected chi connectivity index (χ2v) is 9.67. The number of hydrogen-bond acceptors (Lipinski definition) is 4. The topological polar surface area (TPSA) is 76.0 Å². The molecule has 1 aromatic carbocycles. The minimum Gasteiger partial charge on any atom is -0.434 e. The number of pyridine rings is 1. The first kappa shape index (κ1) is 24.6. The van der Waals surface area contributed by atoms with Crippen molar-refractivity contribution in [1.29, 1.82) is 0 Å². The Bertz CT molecular complexity index is 1400. The molecule has 2 N–H and O–H groups in total. The van der Waals surface area contributed by atoms with Crippen molar-refractivity contribution in [2.24, 2.45) is 0 Å². The summed E-state index contributed by atoms with van der Waals surface area (Å²) in [5.41, 5.74) is 4.26. The number of benzene rings is 1. The van der Waals surface area contributed by atoms with Gasteiger partial charge in [-0.3, -0.25) is 4.68 Å². The van der Waals surface area contributed by atoms with Gasteiger partial charge in [-0.25, -0.2) is 9.37 Å². The molecule has 1 aliphatic carbocycles. The fraction of sp³-hybridized carbons (Fsp3) is 0.385. The Morgan fingerprint density at radius 2 is 1.94 bits per heavy atom. The van der Waals surface area contributed by atoms with Gasteiger partial charge in [0.05, 0.1) is 23.4 Å². The molecule has 3 heterocycles. The first-order chi connectivity index (χ1) is 17.2. The van der Waals surface area contributed by atoms with Crippen LogP contribution in [0.1, 0.15) is 61.4 Å². The van der Waals surface area contributed by atoms with E-state index in [4.69, 9.17) is 11.6 Å². The average molecular weight is 519 g/mol. The Kier molecular flexibility index (Phi) is 6.70. The number of nitrogens with zero attached hydrogens (tertiary/aromatic N) is 3. The van der Waals surface area contributed by atoms with Gasteiger partial charge in [0.15, 0.2) is 0 Å². The summed E-state index contributed by atoms with van der Waals surface area (Å²) in [6, 6.07) is 4.38. The third-order valence-electron chi connectivity index (χ3n) is 7.14. The molecule has 5 rings (SSSR count). The lowest BCUT2D eigenvalue weighted by molar-refractivity contribution is -0.0505. The highest BCUT2D eigenvalue weighted by Crippen LogP contribution is 2.42. The Labute approximate surface area is 211 Å². The molecular weight excluding hydrogens is 493 g/mol. The summed E-state index contributed by atoms with van der Waals surface area (Å²) >= 11 is 6.23. The van der Waals surface area contributed by atoms with E-state index in [2.05, 4.69) is 19.8 Å². The zero-order chi connectivity index (χ0) is 25.6. The molecule has 0 amide bonds. The van der Waals surface area contributed by atoms with Crippen LogP contribution in [0.5, 0.6) is 5.75 Å². The molecule has 1 fully saturated rings. The number of hydrogen-bond donors (Lipinski definition) is 2. The second-order valence-electron chi connectivity index (χ2n) is 9.29. The largest absolute Gasteiger partial charge is 0.434 e. The van der Waals surface area contributed by atoms with Crippen molar-refractivity contribution in [3.63, 3.8) is 0 Å². The van der Waals surface area contributed by atoms with Crippen LogP contribution in [-0.2, 0) is 0 Å². The molecule has 0 aliphatic heterocycles. The lowest BCUT2D eigenvalue weighted by atomic mass is 9.91. The molecule has 190 valence electrons. The van der Waals surface area contributed by atoms with Crippen molar-refractivity contribution in [3.8, 4) is 16.9 Å². The highest BCUT2D eigenvalue weighted by atomic mass is 35.5. The maximum absolute atomic E-state index is 14.3. The van der Waals surface area contributed by atoms with Gasteiger partial charge < -0.3 is 14.8 Å². The van der Waals surface area contributed by atoms with E-state index >= 15 is 0 Å². The van der Waals surface area contributed by atoms with Crippen LogP contribution < -0.4 is 4.74 Å². The summed E-state index contributed by atoms with van der Waals surface area (Å²) in [6.07, 6.45) is 8.33. The van der Waals surface area contributed by atoms with Crippen molar-refractivity contribution < 1.29 is 23.0 Å². The maximum Gasteiger partial charge on any atom is 0.387 e. The van der Waals surface area contributed by atoms with E-state index in [0.717, 1.165) is 59.5 Å². The van der Waals surface area contributed by atoms with Gasteiger partial charge in [-0.1, -0.05) is 18.5 Å². The Balaban J connectivity index is 1.53. The van der Waals surface area contributed by atoms with Gasteiger partial charge in [-0.15, -0.1) is 0 Å². The second kappa shape index (κ2) is 9.78. The smallest absolute Gasteiger partial charge is 0.387 e. The molecule has 1 saturated carbocycles. The number of aliphatic hydroxyl groups excluding tert-OH is 1. The molecule has 4 aromatic rings. The standard InChI is InChI=1S/C26H26ClF3N4O2/c1-13(23-22(36-26(29)30)8-7-21(28)24(23)27)19-11-32-25-18(19)9-15(10-31-25)20-12-33-34(14(20)2)16-3-5-17(35)6-4-16/h7-13,16-17,26,35H,3-6H2,1-2H3,(H,31,32)/t13-,16-,17+/m0/s1. The number of nitrogens with one attached hydrogen (secondary N) is 1. The van der Waals surface area contributed by atoms with Crippen LogP contribution >= 0.6 is 11.6 Å². The van der Waals surface area contributed by atoms with Gasteiger partial charge >= 0.3 is 6.61 Å². The third-order valence-corrected chi connectivity index (χ3v) is 7.52. The van der Waals surface area contributed by atoms with Crippen LogP contribution in [-0.4, -0.2) is 37.6 Å². The third kappa shape index (κ3) is 4.46. The normalized spacial score (nSPS) is 19.2. The lowest BCUT2D eigenvalue weighted by Gasteiger charge is -2.26. The number of ether oxygens (including phenoxy) is 1. The van der Waals surface area contributed by atoms with Crippen LogP contribution in [0.15, 0.2) is 36.8 Å². The van der Waals surface area contributed by atoms with E-state index in [1.54, 1.807) is 19.3 Å². The summed E-state index contributed by atoms with van der Waals surface area (Å²) in [4.78, 5) is 7.66. The first-order valence-corrected chi connectivity index (χ1v) is 12.2. The molecule has 36 heavy (non-hydrogen) atoms. The fourth-order valence-corrected chi connectivity index (χ4v) is 5.53. The van der Waals surface area contributed by atoms with Crippen LogP contribution in [0.25, 0.3) is 22.2 Å². The fourth-order valence-electron chi connectivity index (χ4n) is 5.21. The van der Waals surface area contributed by atoms with Gasteiger partial charge in [-0.05, 0) is 56.4 Å². The van der Waals surface area contributed by atoms with Crippen molar-refractivity contribution in [1.82, 2.24) is 19.7 Å². The Morgan fingerprint density at radius 3 is 2.67 bits per heavy atom. The number of aromatic nitrogens is 4. The van der Waals surface area contributed by atoms with E-state index in [9.17, 15) is 18.3 Å². The number of alkyl halides is 2. The molecule has 0 unspecified atom stereocenters. The van der Waals surface area contributed by atoms with Gasteiger partial charge in [0.2, 0.25) is 0 Å². The zero-order valence-electron chi connectivity index (χ0n) is 19.8. The number of fused-ring (bicyclic) bond motifs is 1. The molecule has 1 atom stereocenters. The van der Waals surface area contributed by atoms with Crippen LogP contribution in [0.3, 0.4) is 0 Å². The van der Waals surface area contributed by atoms with Crippen LogP contribution in [0, 0.1) is 12.7 Å². The number of halogens is 4. The van der Waals surface area contributed by atoms with E-state index in [1.165, 1.54) is 6.07 Å². The minimum absolute atomic E-state index is 0.145. The zero-order valence-corrected chi connectivity index (χ0v) is 20.6. The summed E-state index contributed by atoms with van der Waals surface area (Å²) in [7, 11) is 0. The molecular formula is C26H26ClF3N4O2. The number of aliphatic hydroxyl groups is 1. The van der Waals surface area contributed by atoms with E-state index in [1.807, 2.05) is 23.9 Å². The minimum atomic E-state index is -3.07. The molecule has 0 bridgehead atoms. The Morgan fingerprint density at radius 1 is 1.19 bits per heavy atom. The van der Waals surface area contributed by atoms with Gasteiger partial charge in [0.25, 0.3) is 0 Å². The first-order valence-electron chi connectivity index (χ1n) is 11.9. The highest BCUT2D eigenvalue weighted by molar-refractivity contribution is 6.31. The number of aromatic amines is 1. The highest BCUT2D eigenvalue weighted by Gasteiger charge is 2.26. The SMILES string of the molecule is Cc1c(-c2cnc3[nH]cc([C@H](C)c4c(OC(F)F)ccc(F)c4Cl)c3c2)cnn1[C@H]1CC[C@@H](O)CC1. The summed E-state index contributed by atoms with van der Waals surface area (Å²) in [6.45, 7) is 0.703. The molecule has 0 spiro atoms. The maximum atomic E-state index is 14.3. The van der Waals surface area contributed by atoms with Crippen LogP contribution in [0.4, 0.5) is 13.2 Å². The predicted molar refractivity (Wildman–Crippen MR) is 131 cm³/mol. The van der Waals surface area contributed by atoms with Crippen molar-refractivity contribution >= 4 is 22.6 Å². The predicted octanol–water partition coefficient (Wildman–Crippen LogP) is 6.76. The van der Waals surface area contributed by atoms with E-state index in [-0.39, 0.29) is 28.5 Å². The summed E-state index contributed by atoms with van der Waals surface area (Å²) in [5, 5.41) is 15.0. The molecule has 0 radical (unpaired) electrons. The van der Waals surface area contributed by atoms with E-state index in [0.29, 0.717) is 5.65 Å². The van der Waals surface area contributed by atoms with Crippen molar-refractivity contribution in [2.75, 3.05) is 0 Å². The van der Waals surface area contributed by atoms with Gasteiger partial charge in [-0.2, -0.15) is 13.9 Å².